The fourth-order valence-electron chi connectivity index (χ4n) is 2.77. The minimum Gasteiger partial charge on any atom is -0.360 e. The third kappa shape index (κ3) is 3.01. The van der Waals surface area contributed by atoms with Gasteiger partial charge in [0.2, 0.25) is 0 Å². The maximum atomic E-state index is 5.28. The zero-order valence-electron chi connectivity index (χ0n) is 11.2. The largest absolute Gasteiger partial charge is 0.360 e. The van der Waals surface area contributed by atoms with E-state index in [9.17, 15) is 0 Å². The first-order chi connectivity index (χ1) is 9.31. The molecule has 4 heteroatoms. The average molecular weight is 257 g/mol. The second kappa shape index (κ2) is 5.53. The lowest BCUT2D eigenvalue weighted by Gasteiger charge is -2.31. The van der Waals surface area contributed by atoms with Crippen LogP contribution in [0.3, 0.4) is 0 Å². The molecule has 0 spiro atoms. The van der Waals surface area contributed by atoms with Crippen LogP contribution >= 0.6 is 0 Å². The summed E-state index contributed by atoms with van der Waals surface area (Å²) in [6.07, 6.45) is 6.19. The molecule has 0 amide bonds. The van der Waals surface area contributed by atoms with E-state index in [4.69, 9.17) is 4.52 Å². The SMILES string of the molecule is Cc1cc(CN2CCC(c3ccncc3)CC2)on1. The van der Waals surface area contributed by atoms with Crippen LogP contribution in [0.2, 0.25) is 0 Å². The van der Waals surface area contributed by atoms with Crippen molar-refractivity contribution in [1.29, 1.82) is 0 Å². The van der Waals surface area contributed by atoms with E-state index >= 15 is 0 Å². The van der Waals surface area contributed by atoms with E-state index in [-0.39, 0.29) is 0 Å². The topological polar surface area (TPSA) is 42.2 Å². The summed E-state index contributed by atoms with van der Waals surface area (Å²) in [6.45, 7) is 5.08. The van der Waals surface area contributed by atoms with Gasteiger partial charge in [-0.05, 0) is 56.5 Å². The van der Waals surface area contributed by atoms with Gasteiger partial charge in [-0.2, -0.15) is 0 Å². The van der Waals surface area contributed by atoms with Gasteiger partial charge in [-0.15, -0.1) is 0 Å². The van der Waals surface area contributed by atoms with Crippen LogP contribution in [-0.2, 0) is 6.54 Å². The molecule has 4 nitrogen and oxygen atoms in total. The first-order valence-corrected chi connectivity index (χ1v) is 6.86. The van der Waals surface area contributed by atoms with Crippen molar-refractivity contribution in [3.8, 4) is 0 Å². The summed E-state index contributed by atoms with van der Waals surface area (Å²) in [5.74, 6) is 1.65. The number of rotatable bonds is 3. The Balaban J connectivity index is 1.55. The van der Waals surface area contributed by atoms with Crippen LogP contribution in [0.1, 0.15) is 35.8 Å². The highest BCUT2D eigenvalue weighted by Crippen LogP contribution is 2.28. The van der Waals surface area contributed by atoms with Crippen LogP contribution in [0.4, 0.5) is 0 Å². The Morgan fingerprint density at radius 2 is 2.00 bits per heavy atom. The molecule has 0 bridgehead atoms. The third-order valence-electron chi connectivity index (χ3n) is 3.82. The van der Waals surface area contributed by atoms with Crippen LogP contribution in [0.5, 0.6) is 0 Å². The van der Waals surface area contributed by atoms with Gasteiger partial charge < -0.3 is 4.52 Å². The van der Waals surface area contributed by atoms with Crippen LogP contribution in [0.25, 0.3) is 0 Å². The predicted molar refractivity (Wildman–Crippen MR) is 72.7 cm³/mol. The van der Waals surface area contributed by atoms with Crippen LogP contribution in [0, 0.1) is 6.92 Å². The molecule has 1 fully saturated rings. The summed E-state index contributed by atoms with van der Waals surface area (Å²) in [5, 5.41) is 3.94. The zero-order valence-corrected chi connectivity index (χ0v) is 11.2. The lowest BCUT2D eigenvalue weighted by atomic mass is 9.90. The molecule has 2 aromatic heterocycles. The summed E-state index contributed by atoms with van der Waals surface area (Å²) in [6, 6.07) is 6.30. The summed E-state index contributed by atoms with van der Waals surface area (Å²) in [7, 11) is 0. The van der Waals surface area contributed by atoms with Gasteiger partial charge in [0.25, 0.3) is 0 Å². The van der Waals surface area contributed by atoms with Crippen molar-refractivity contribution in [1.82, 2.24) is 15.0 Å². The highest BCUT2D eigenvalue weighted by molar-refractivity contribution is 5.16. The minimum absolute atomic E-state index is 0.677. The van der Waals surface area contributed by atoms with E-state index in [0.717, 1.165) is 31.1 Å². The van der Waals surface area contributed by atoms with Gasteiger partial charge in [-0.1, -0.05) is 5.16 Å². The van der Waals surface area contributed by atoms with Gasteiger partial charge in [0, 0.05) is 18.5 Å². The van der Waals surface area contributed by atoms with E-state index in [2.05, 4.69) is 27.2 Å². The van der Waals surface area contributed by atoms with Gasteiger partial charge >= 0.3 is 0 Å². The molecule has 0 aromatic carbocycles. The number of aryl methyl sites for hydroxylation is 1. The van der Waals surface area contributed by atoms with E-state index in [1.807, 2.05) is 25.4 Å². The molecule has 1 aliphatic heterocycles. The maximum absolute atomic E-state index is 5.28. The molecule has 3 rings (SSSR count). The molecule has 0 N–H and O–H groups in total. The summed E-state index contributed by atoms with van der Waals surface area (Å²) >= 11 is 0. The van der Waals surface area contributed by atoms with E-state index in [1.54, 1.807) is 0 Å². The second-order valence-electron chi connectivity index (χ2n) is 5.27. The number of likely N-dealkylation sites (tertiary alicyclic amines) is 1. The van der Waals surface area contributed by atoms with E-state index < -0.39 is 0 Å². The van der Waals surface area contributed by atoms with Crippen molar-refractivity contribution in [3.05, 3.63) is 47.6 Å². The van der Waals surface area contributed by atoms with Crippen molar-refractivity contribution in [2.24, 2.45) is 0 Å². The number of piperidine rings is 1. The van der Waals surface area contributed by atoms with Crippen molar-refractivity contribution < 1.29 is 4.52 Å². The smallest absolute Gasteiger partial charge is 0.150 e. The molecule has 0 unspecified atom stereocenters. The fourth-order valence-corrected chi connectivity index (χ4v) is 2.77. The normalized spacial score (nSPS) is 17.7. The zero-order chi connectivity index (χ0) is 13.1. The third-order valence-corrected chi connectivity index (χ3v) is 3.82. The van der Waals surface area contributed by atoms with Crippen molar-refractivity contribution >= 4 is 0 Å². The second-order valence-corrected chi connectivity index (χ2v) is 5.27. The quantitative estimate of drug-likeness (QED) is 0.848. The lowest BCUT2D eigenvalue weighted by molar-refractivity contribution is 0.184. The van der Waals surface area contributed by atoms with Gasteiger partial charge in [-0.3, -0.25) is 9.88 Å². The molecule has 2 aromatic rings. The van der Waals surface area contributed by atoms with E-state index in [0.29, 0.717) is 5.92 Å². The van der Waals surface area contributed by atoms with Crippen LogP contribution in [0.15, 0.2) is 35.1 Å². The molecular weight excluding hydrogens is 238 g/mol. The first-order valence-electron chi connectivity index (χ1n) is 6.86. The van der Waals surface area contributed by atoms with Gasteiger partial charge in [-0.25, -0.2) is 0 Å². The lowest BCUT2D eigenvalue weighted by Crippen LogP contribution is -2.32. The summed E-state index contributed by atoms with van der Waals surface area (Å²) in [4.78, 5) is 6.53. The average Bonchev–Trinajstić information content (AvgIpc) is 2.86. The summed E-state index contributed by atoms with van der Waals surface area (Å²) in [5.41, 5.74) is 2.38. The van der Waals surface area contributed by atoms with Gasteiger partial charge in [0.15, 0.2) is 5.76 Å². The molecule has 100 valence electrons. The number of nitrogens with zero attached hydrogens (tertiary/aromatic N) is 3. The molecule has 0 saturated carbocycles. The molecule has 19 heavy (non-hydrogen) atoms. The predicted octanol–water partition coefficient (Wildman–Crippen LogP) is 2.76. The Kier molecular flexibility index (Phi) is 3.60. The van der Waals surface area contributed by atoms with E-state index in [1.165, 1.54) is 18.4 Å². The van der Waals surface area contributed by atoms with Crippen molar-refractivity contribution in [2.75, 3.05) is 13.1 Å². The molecule has 3 heterocycles. The van der Waals surface area contributed by atoms with Gasteiger partial charge in [0.1, 0.15) is 0 Å². The number of hydrogen-bond donors (Lipinski definition) is 0. The van der Waals surface area contributed by atoms with Crippen molar-refractivity contribution in [2.45, 2.75) is 32.2 Å². The van der Waals surface area contributed by atoms with Gasteiger partial charge in [0.05, 0.1) is 12.2 Å². The molecule has 0 atom stereocenters. The number of pyridine rings is 1. The Labute approximate surface area is 113 Å². The Hall–Kier alpha value is -1.68. The molecule has 0 radical (unpaired) electrons. The Morgan fingerprint density at radius 3 is 2.63 bits per heavy atom. The molecule has 0 aliphatic carbocycles. The monoisotopic (exact) mass is 257 g/mol. The maximum Gasteiger partial charge on any atom is 0.150 e. The highest BCUT2D eigenvalue weighted by Gasteiger charge is 2.21. The van der Waals surface area contributed by atoms with Crippen LogP contribution < -0.4 is 0 Å². The molecule has 1 aliphatic rings. The first kappa shape index (κ1) is 12.4. The standard InChI is InChI=1S/C15H19N3O/c1-12-10-15(19-17-12)11-18-8-4-14(5-9-18)13-2-6-16-7-3-13/h2-3,6-7,10,14H,4-5,8-9,11H2,1H3. The molecular formula is C15H19N3O. The Morgan fingerprint density at radius 1 is 1.26 bits per heavy atom. The van der Waals surface area contributed by atoms with Crippen LogP contribution in [-0.4, -0.2) is 28.1 Å². The minimum atomic E-state index is 0.677. The van der Waals surface area contributed by atoms with Crippen molar-refractivity contribution in [3.63, 3.8) is 0 Å². The highest BCUT2D eigenvalue weighted by atomic mass is 16.5. The number of hydrogen-bond acceptors (Lipinski definition) is 4. The fraction of sp³-hybridized carbons (Fsp3) is 0.467. The Bertz CT molecular complexity index is 515. The number of aromatic nitrogens is 2. The summed E-state index contributed by atoms with van der Waals surface area (Å²) < 4.78 is 5.28. The molecule has 1 saturated heterocycles.